The van der Waals surface area contributed by atoms with Crippen LogP contribution >= 0.6 is 0 Å². The number of rotatable bonds is 6. The van der Waals surface area contributed by atoms with Gasteiger partial charge < -0.3 is 19.9 Å². The Morgan fingerprint density at radius 2 is 2.00 bits per heavy atom. The van der Waals surface area contributed by atoms with Crippen molar-refractivity contribution in [2.45, 2.75) is 19.3 Å². The van der Waals surface area contributed by atoms with E-state index in [0.29, 0.717) is 12.3 Å². The van der Waals surface area contributed by atoms with Crippen molar-refractivity contribution >= 4 is 17.3 Å². The van der Waals surface area contributed by atoms with Crippen LogP contribution in [-0.2, 0) is 16.0 Å². The Morgan fingerprint density at radius 1 is 1.23 bits per heavy atom. The second-order valence-electron chi connectivity index (χ2n) is 8.17. The summed E-state index contributed by atoms with van der Waals surface area (Å²) in [6, 6.07) is 5.84. The Hall–Kier alpha value is -1.63. The number of amides is 1. The molecule has 2 aliphatic rings. The Morgan fingerprint density at radius 3 is 2.77 bits per heavy atom. The lowest BCUT2D eigenvalue weighted by atomic mass is 10.0. The molecule has 1 amide bonds. The van der Waals surface area contributed by atoms with Crippen molar-refractivity contribution in [2.24, 2.45) is 0 Å². The van der Waals surface area contributed by atoms with E-state index in [1.165, 1.54) is 18.7 Å². The van der Waals surface area contributed by atoms with E-state index in [9.17, 15) is 4.79 Å². The van der Waals surface area contributed by atoms with Gasteiger partial charge in [-0.25, -0.2) is 0 Å². The highest BCUT2D eigenvalue weighted by atomic mass is 16.5. The van der Waals surface area contributed by atoms with Gasteiger partial charge in [0, 0.05) is 44.2 Å². The van der Waals surface area contributed by atoms with Gasteiger partial charge in [0.15, 0.2) is 0 Å². The van der Waals surface area contributed by atoms with E-state index in [1.807, 2.05) is 23.1 Å². The predicted octanol–water partition coefficient (Wildman–Crippen LogP) is 1.35. The van der Waals surface area contributed by atoms with Gasteiger partial charge in [-0.05, 0) is 37.0 Å². The van der Waals surface area contributed by atoms with Crippen LogP contribution in [0.2, 0.25) is 0 Å². The van der Waals surface area contributed by atoms with Crippen molar-refractivity contribution in [3.63, 3.8) is 0 Å². The number of likely N-dealkylation sites (N-methyl/N-ethyl adjacent to an activating group) is 1. The van der Waals surface area contributed by atoms with Gasteiger partial charge in [0.25, 0.3) is 5.91 Å². The van der Waals surface area contributed by atoms with Crippen molar-refractivity contribution in [3.05, 3.63) is 23.8 Å². The molecule has 0 atom stereocenters. The Labute approximate surface area is 157 Å². The zero-order valence-corrected chi connectivity index (χ0v) is 16.2. The van der Waals surface area contributed by atoms with Crippen molar-refractivity contribution in [1.29, 1.82) is 0 Å². The summed E-state index contributed by atoms with van der Waals surface area (Å²) in [7, 11) is 4.58. The number of nitrogens with two attached hydrogens (primary N) is 1. The molecule has 0 bridgehead atoms. The standard InChI is InChI=1S/C20H33N4O2/c1-24(2)12-10-22(11-13-24)8-4-14-26-16-20(25)23-9-3-5-17-6-7-18(21)15-19(17)23/h6-7,15H,3-5,8-14,16,21H2,1-2H3/q+1. The highest BCUT2D eigenvalue weighted by Crippen LogP contribution is 2.29. The number of anilines is 2. The van der Waals surface area contributed by atoms with Crippen LogP contribution in [0.15, 0.2) is 18.2 Å². The highest BCUT2D eigenvalue weighted by Gasteiger charge is 2.24. The van der Waals surface area contributed by atoms with Gasteiger partial charge in [-0.1, -0.05) is 6.07 Å². The fourth-order valence-corrected chi connectivity index (χ4v) is 3.75. The molecule has 6 heteroatoms. The lowest BCUT2D eigenvalue weighted by Gasteiger charge is -2.39. The second kappa shape index (κ2) is 8.37. The maximum atomic E-state index is 12.6. The molecule has 1 aromatic carbocycles. The number of fused-ring (bicyclic) bond motifs is 1. The molecule has 1 saturated heterocycles. The Bertz CT molecular complexity index is 622. The van der Waals surface area contributed by atoms with Crippen LogP contribution < -0.4 is 10.6 Å². The van der Waals surface area contributed by atoms with E-state index < -0.39 is 0 Å². The molecule has 0 aromatic heterocycles. The van der Waals surface area contributed by atoms with Crippen molar-refractivity contribution in [2.75, 3.05) is 77.2 Å². The van der Waals surface area contributed by atoms with Gasteiger partial charge in [-0.3, -0.25) is 9.69 Å². The number of ether oxygens (including phenoxy) is 1. The monoisotopic (exact) mass is 361 g/mol. The molecule has 144 valence electrons. The third-order valence-electron chi connectivity index (χ3n) is 5.56. The molecule has 2 heterocycles. The maximum Gasteiger partial charge on any atom is 0.252 e. The summed E-state index contributed by atoms with van der Waals surface area (Å²) >= 11 is 0. The molecular weight excluding hydrogens is 328 g/mol. The van der Waals surface area contributed by atoms with E-state index in [0.717, 1.165) is 55.6 Å². The average molecular weight is 362 g/mol. The third kappa shape index (κ3) is 4.96. The van der Waals surface area contributed by atoms with E-state index in [4.69, 9.17) is 10.5 Å². The van der Waals surface area contributed by atoms with Gasteiger partial charge in [0.05, 0.1) is 27.2 Å². The summed E-state index contributed by atoms with van der Waals surface area (Å²) in [6.07, 6.45) is 2.97. The lowest BCUT2D eigenvalue weighted by Crippen LogP contribution is -2.54. The van der Waals surface area contributed by atoms with Crippen LogP contribution in [0, 0.1) is 0 Å². The van der Waals surface area contributed by atoms with Crippen LogP contribution in [0.25, 0.3) is 0 Å². The summed E-state index contributed by atoms with van der Waals surface area (Å²) in [5, 5.41) is 0. The van der Waals surface area contributed by atoms with Crippen molar-refractivity contribution in [1.82, 2.24) is 4.90 Å². The lowest BCUT2D eigenvalue weighted by molar-refractivity contribution is -0.894. The first-order valence-corrected chi connectivity index (χ1v) is 9.75. The number of nitrogen functional groups attached to an aromatic ring is 1. The smallest absolute Gasteiger partial charge is 0.252 e. The minimum Gasteiger partial charge on any atom is -0.399 e. The number of piperazine rings is 1. The number of benzene rings is 1. The summed E-state index contributed by atoms with van der Waals surface area (Å²) in [4.78, 5) is 16.9. The molecule has 26 heavy (non-hydrogen) atoms. The number of carbonyl (C=O) groups excluding carboxylic acids is 1. The number of carbonyl (C=O) groups is 1. The predicted molar refractivity (Wildman–Crippen MR) is 105 cm³/mol. The maximum absolute atomic E-state index is 12.6. The molecule has 3 rings (SSSR count). The molecule has 0 radical (unpaired) electrons. The van der Waals surface area contributed by atoms with Crippen LogP contribution in [0.5, 0.6) is 0 Å². The SMILES string of the molecule is C[N+]1(C)CCN(CCCOCC(=O)N2CCCc3ccc(N)cc32)CC1. The van der Waals surface area contributed by atoms with E-state index in [-0.39, 0.29) is 12.5 Å². The highest BCUT2D eigenvalue weighted by molar-refractivity contribution is 5.96. The van der Waals surface area contributed by atoms with Crippen molar-refractivity contribution in [3.8, 4) is 0 Å². The summed E-state index contributed by atoms with van der Waals surface area (Å²) in [5.41, 5.74) is 8.75. The third-order valence-corrected chi connectivity index (χ3v) is 5.56. The normalized spacial score (nSPS) is 20.0. The largest absolute Gasteiger partial charge is 0.399 e. The fraction of sp³-hybridized carbons (Fsp3) is 0.650. The Balaban J connectivity index is 1.38. The molecular formula is C20H33N4O2+. The van der Waals surface area contributed by atoms with E-state index in [2.05, 4.69) is 19.0 Å². The van der Waals surface area contributed by atoms with Gasteiger partial charge in [0.2, 0.25) is 0 Å². The van der Waals surface area contributed by atoms with Crippen LogP contribution in [0.3, 0.4) is 0 Å². The molecule has 1 aromatic rings. The van der Waals surface area contributed by atoms with Crippen LogP contribution in [-0.4, -0.2) is 81.9 Å². The number of quaternary nitrogens is 1. The summed E-state index contributed by atoms with van der Waals surface area (Å²) in [6.45, 7) is 7.30. The molecule has 1 fully saturated rings. The zero-order chi connectivity index (χ0) is 18.6. The zero-order valence-electron chi connectivity index (χ0n) is 16.2. The minimum absolute atomic E-state index is 0.0357. The number of hydrogen-bond donors (Lipinski definition) is 1. The quantitative estimate of drug-likeness (QED) is 0.472. The van der Waals surface area contributed by atoms with Crippen molar-refractivity contribution < 1.29 is 14.0 Å². The molecule has 6 nitrogen and oxygen atoms in total. The van der Waals surface area contributed by atoms with Gasteiger partial charge in [0.1, 0.15) is 6.61 Å². The first-order valence-electron chi connectivity index (χ1n) is 9.75. The second-order valence-corrected chi connectivity index (χ2v) is 8.17. The topological polar surface area (TPSA) is 58.8 Å². The average Bonchev–Trinajstić information content (AvgIpc) is 2.62. The van der Waals surface area contributed by atoms with Crippen LogP contribution in [0.4, 0.5) is 11.4 Å². The number of nitrogens with zero attached hydrogens (tertiary/aromatic N) is 3. The molecule has 0 aliphatic carbocycles. The molecule has 0 spiro atoms. The number of hydrogen-bond acceptors (Lipinski definition) is 4. The van der Waals surface area contributed by atoms with Gasteiger partial charge in [-0.15, -0.1) is 0 Å². The molecule has 0 saturated carbocycles. The fourth-order valence-electron chi connectivity index (χ4n) is 3.75. The van der Waals surface area contributed by atoms with E-state index in [1.54, 1.807) is 0 Å². The van der Waals surface area contributed by atoms with E-state index >= 15 is 0 Å². The minimum atomic E-state index is 0.0357. The molecule has 2 N–H and O–H groups in total. The van der Waals surface area contributed by atoms with Gasteiger partial charge in [-0.2, -0.15) is 0 Å². The van der Waals surface area contributed by atoms with Gasteiger partial charge >= 0.3 is 0 Å². The van der Waals surface area contributed by atoms with Crippen LogP contribution in [0.1, 0.15) is 18.4 Å². The molecule has 0 unspecified atom stereocenters. The summed E-state index contributed by atoms with van der Waals surface area (Å²) < 4.78 is 6.79. The summed E-state index contributed by atoms with van der Waals surface area (Å²) in [5.74, 6) is 0.0357. The molecule has 2 aliphatic heterocycles. The first kappa shape index (κ1) is 19.1. The first-order chi connectivity index (χ1) is 12.4. The Kier molecular flexibility index (Phi) is 6.16. The number of aryl methyl sites for hydroxylation is 1.